The molecule has 6 heterocycles. The van der Waals surface area contributed by atoms with Gasteiger partial charge in [-0.3, -0.25) is 4.79 Å². The molecule has 0 amide bonds. The predicted molar refractivity (Wildman–Crippen MR) is 243 cm³/mol. The molecule has 4 saturated carbocycles. The number of rotatable bonds is 11. The van der Waals surface area contributed by atoms with Crippen molar-refractivity contribution in [3.63, 3.8) is 0 Å². The Morgan fingerprint density at radius 3 is 1.92 bits per heavy atom. The smallest absolute Gasteiger partial charge is 0.187 e. The number of ether oxygens (including phenoxy) is 10. The van der Waals surface area contributed by atoms with Crippen LogP contribution >= 0.6 is 0 Å². The highest BCUT2D eigenvalue weighted by atomic mass is 16.8. The molecule has 418 valence electrons. The van der Waals surface area contributed by atoms with Gasteiger partial charge < -0.3 is 109 Å². The van der Waals surface area contributed by atoms with Crippen molar-refractivity contribution >= 4 is 5.78 Å². The van der Waals surface area contributed by atoms with Crippen LogP contribution < -0.4 is 0 Å². The average molecular weight is 1050 g/mol. The monoisotopic (exact) mass is 1050 g/mol. The van der Waals surface area contributed by atoms with Crippen LogP contribution in [0.15, 0.2) is 0 Å². The minimum atomic E-state index is -2.01. The van der Waals surface area contributed by atoms with E-state index in [1.807, 2.05) is 0 Å². The van der Waals surface area contributed by atoms with Gasteiger partial charge in [-0.15, -0.1) is 0 Å². The van der Waals surface area contributed by atoms with Crippen molar-refractivity contribution in [2.24, 2.45) is 52.3 Å². The van der Waals surface area contributed by atoms with E-state index in [-0.39, 0.29) is 41.1 Å². The summed E-state index contributed by atoms with van der Waals surface area (Å²) in [7, 11) is 0. The molecule has 0 aromatic heterocycles. The summed E-state index contributed by atoms with van der Waals surface area (Å²) >= 11 is 0. The first-order valence-electron chi connectivity index (χ1n) is 26.7. The minimum absolute atomic E-state index is 0.0117. The van der Waals surface area contributed by atoms with E-state index in [1.54, 1.807) is 0 Å². The number of hydrogen-bond acceptors (Lipinski definition) is 23. The van der Waals surface area contributed by atoms with Crippen LogP contribution in [0.1, 0.15) is 85.5 Å². The van der Waals surface area contributed by atoms with Gasteiger partial charge in [-0.25, -0.2) is 0 Å². The van der Waals surface area contributed by atoms with Crippen molar-refractivity contribution in [2.45, 2.75) is 220 Å². The Kier molecular flexibility index (Phi) is 15.9. The quantitative estimate of drug-likeness (QED) is 0.0913. The van der Waals surface area contributed by atoms with Gasteiger partial charge in [-0.2, -0.15) is 0 Å². The van der Waals surface area contributed by atoms with Gasteiger partial charge in [0.1, 0.15) is 97.3 Å². The molecule has 10 rings (SSSR count). The van der Waals surface area contributed by atoms with Gasteiger partial charge in [0.2, 0.25) is 0 Å². The summed E-state index contributed by atoms with van der Waals surface area (Å²) in [5.74, 6) is 1.40. The Balaban J connectivity index is 0.820. The number of ketones is 1. The van der Waals surface area contributed by atoms with E-state index >= 15 is 0 Å². The first-order chi connectivity index (χ1) is 34.7. The van der Waals surface area contributed by atoms with Crippen LogP contribution in [0.2, 0.25) is 0 Å². The topological polar surface area (TPSA) is 352 Å². The molecular formula is C50H80O23. The molecule has 23 nitrogen and oxygen atoms in total. The van der Waals surface area contributed by atoms with Crippen LogP contribution in [0.3, 0.4) is 0 Å². The summed E-state index contributed by atoms with van der Waals surface area (Å²) < 4.78 is 61.1. The normalized spacial score (nSPS) is 57.2. The molecule has 0 aromatic rings. The molecule has 23 heteroatoms. The van der Waals surface area contributed by atoms with Gasteiger partial charge in [-0.05, 0) is 80.0 Å². The van der Waals surface area contributed by atoms with Gasteiger partial charge in [-0.1, -0.05) is 27.7 Å². The second kappa shape index (κ2) is 21.1. The van der Waals surface area contributed by atoms with Crippen molar-refractivity contribution in [2.75, 3.05) is 33.0 Å². The van der Waals surface area contributed by atoms with Crippen molar-refractivity contribution in [1.82, 2.24) is 0 Å². The highest BCUT2D eigenvalue weighted by Crippen LogP contribution is 2.70. The zero-order chi connectivity index (χ0) is 52.2. The van der Waals surface area contributed by atoms with E-state index in [4.69, 9.17) is 47.4 Å². The van der Waals surface area contributed by atoms with Gasteiger partial charge >= 0.3 is 0 Å². The number of Topliss-reactive ketones (excluding diaryl/α,β-unsaturated/α-hetero) is 1. The van der Waals surface area contributed by atoms with Crippen LogP contribution in [-0.4, -0.2) is 235 Å². The lowest BCUT2D eigenvalue weighted by Crippen LogP contribution is -2.68. The maximum Gasteiger partial charge on any atom is 0.187 e. The molecule has 6 aliphatic heterocycles. The molecule has 10 aliphatic rings. The molecule has 12 N–H and O–H groups in total. The van der Waals surface area contributed by atoms with E-state index < -0.39 is 160 Å². The van der Waals surface area contributed by atoms with Crippen molar-refractivity contribution in [3.8, 4) is 0 Å². The standard InChI is InChI=1S/C50H80O23/c1-19-7-10-50(65-17-19)20(2)32-27(73-50)12-25-23-6-5-21-11-22(8-9-48(21,3)24(23)13-31(55)49(25,32)4)66-45-40(63)37(60)41(30(16-53)69-45)70-47-43(72-46-39(62)36(59)34(57)28(14-51)67-46)42(35(58)29(15-52)68-47)71-44-38(61)33(56)26(54)18-64-44/h19-30,32-47,51-54,56-63H,5-18H2,1-4H3/t19-,20-,21-,22-,23+,24-,25-,26+,27-,28+,29+,30+,32-,33-,34+,35+,36-,37+,38+,39+,40+,41-,42-,43+,44-,45+,46-,47-,48-,49+,50+/m0/s1. The Morgan fingerprint density at radius 1 is 0.589 bits per heavy atom. The van der Waals surface area contributed by atoms with E-state index in [0.29, 0.717) is 43.5 Å². The minimum Gasteiger partial charge on any atom is -0.394 e. The number of fused-ring (bicyclic) bond motifs is 7. The van der Waals surface area contributed by atoms with Crippen LogP contribution in [0.25, 0.3) is 0 Å². The molecule has 31 atom stereocenters. The van der Waals surface area contributed by atoms with E-state index in [0.717, 1.165) is 38.5 Å². The fourth-order valence-corrected chi connectivity index (χ4v) is 15.6. The summed E-state index contributed by atoms with van der Waals surface area (Å²) in [6.07, 6.45) is -26.6. The summed E-state index contributed by atoms with van der Waals surface area (Å²) in [5.41, 5.74) is -0.628. The highest BCUT2D eigenvalue weighted by molar-refractivity contribution is 5.87. The van der Waals surface area contributed by atoms with E-state index in [2.05, 4.69) is 27.7 Å². The van der Waals surface area contributed by atoms with Gasteiger partial charge in [0.15, 0.2) is 30.9 Å². The largest absolute Gasteiger partial charge is 0.394 e. The van der Waals surface area contributed by atoms with Crippen molar-refractivity contribution < 1.29 is 113 Å². The fraction of sp³-hybridized carbons (Fsp3) is 0.980. The summed E-state index contributed by atoms with van der Waals surface area (Å²) in [6.45, 7) is 6.58. The molecule has 0 radical (unpaired) electrons. The van der Waals surface area contributed by atoms with Crippen LogP contribution in [-0.2, 0) is 52.2 Å². The lowest BCUT2D eigenvalue weighted by molar-refractivity contribution is -0.404. The maximum absolute atomic E-state index is 14.7. The molecule has 6 saturated heterocycles. The Bertz CT molecular complexity index is 1910. The lowest BCUT2D eigenvalue weighted by Gasteiger charge is -2.60. The Labute approximate surface area is 423 Å². The third-order valence-electron chi connectivity index (χ3n) is 19.9. The van der Waals surface area contributed by atoms with E-state index in [1.165, 1.54) is 0 Å². The Morgan fingerprint density at radius 2 is 1.22 bits per heavy atom. The first-order valence-corrected chi connectivity index (χ1v) is 26.7. The number of hydrogen-bond donors (Lipinski definition) is 12. The van der Waals surface area contributed by atoms with Gasteiger partial charge in [0.25, 0.3) is 0 Å². The zero-order valence-electron chi connectivity index (χ0n) is 41.9. The Hall–Kier alpha value is -1.21. The highest BCUT2D eigenvalue weighted by Gasteiger charge is 2.72. The molecule has 10 fully saturated rings. The molecule has 0 aromatic carbocycles. The molecule has 0 bridgehead atoms. The third-order valence-corrected chi connectivity index (χ3v) is 19.9. The molecule has 4 aliphatic carbocycles. The van der Waals surface area contributed by atoms with Crippen molar-refractivity contribution in [3.05, 3.63) is 0 Å². The molecule has 73 heavy (non-hydrogen) atoms. The average Bonchev–Trinajstić information content (AvgIpc) is 3.83. The first kappa shape index (κ1) is 55.1. The maximum atomic E-state index is 14.7. The molecular weight excluding hydrogens is 969 g/mol. The third kappa shape index (κ3) is 9.30. The lowest BCUT2D eigenvalue weighted by atomic mass is 9.44. The predicted octanol–water partition coefficient (Wildman–Crippen LogP) is -3.09. The van der Waals surface area contributed by atoms with Crippen LogP contribution in [0.4, 0.5) is 0 Å². The molecule has 0 unspecified atom stereocenters. The van der Waals surface area contributed by atoms with Crippen molar-refractivity contribution in [1.29, 1.82) is 0 Å². The summed E-state index contributed by atoms with van der Waals surface area (Å²) in [5, 5.41) is 129. The second-order valence-electron chi connectivity index (χ2n) is 23.7. The summed E-state index contributed by atoms with van der Waals surface area (Å²) in [4.78, 5) is 14.7. The summed E-state index contributed by atoms with van der Waals surface area (Å²) in [6, 6.07) is 0. The van der Waals surface area contributed by atoms with Gasteiger partial charge in [0, 0.05) is 30.1 Å². The SMILES string of the molecule is C[C@H]1CC[C@@]2(OC1)O[C@H]1C[C@H]3[C@@H]4CC[C@H]5C[C@@H](O[C@@H]6O[C@H](CO)[C@H](O[C@@H]7O[C@H](CO)[C@@H](O)[C@H](O[C@@H]8OC[C@@H](O)[C@H](O)[C@H]8O)[C@H]7O[C@@H]7O[C@H](CO)[C@@H](O)[C@H](O)[C@H]7O)[C@H](O)[C@H]6O)CC[C@]5(C)[C@H]4CC(=O)[C@]3(C)[C@H]1[C@@H]2C. The number of aliphatic hydroxyl groups excluding tert-OH is 12. The second-order valence-corrected chi connectivity index (χ2v) is 23.7. The number of aliphatic hydroxyl groups is 12. The van der Waals surface area contributed by atoms with Crippen LogP contribution in [0, 0.1) is 52.3 Å². The molecule has 1 spiro atoms. The van der Waals surface area contributed by atoms with E-state index in [9.17, 15) is 66.1 Å². The number of carbonyl (C=O) groups is 1. The fourth-order valence-electron chi connectivity index (χ4n) is 15.6. The van der Waals surface area contributed by atoms with Gasteiger partial charge in [0.05, 0.1) is 45.2 Å². The number of carbonyl (C=O) groups excluding carboxylic acids is 1. The van der Waals surface area contributed by atoms with Crippen LogP contribution in [0.5, 0.6) is 0 Å². The zero-order valence-corrected chi connectivity index (χ0v) is 41.9.